The first-order chi connectivity index (χ1) is 29.7. The molecule has 4 heteroatoms. The van der Waals surface area contributed by atoms with E-state index in [2.05, 4.69) is 92.1 Å². The summed E-state index contributed by atoms with van der Waals surface area (Å²) in [5, 5.41) is 23.2. The largest absolute Gasteiger partial charge is 0.394 e. The Morgan fingerprint density at radius 1 is 0.417 bits per heavy atom. The molecule has 0 aliphatic rings. The van der Waals surface area contributed by atoms with Crippen LogP contribution >= 0.6 is 0 Å². The lowest BCUT2D eigenvalue weighted by Gasteiger charge is -2.22. The zero-order valence-electron chi connectivity index (χ0n) is 40.0. The van der Waals surface area contributed by atoms with Gasteiger partial charge in [0, 0.05) is 6.42 Å². The van der Waals surface area contributed by atoms with E-state index in [9.17, 15) is 15.0 Å². The highest BCUT2D eigenvalue weighted by atomic mass is 16.3. The quantitative estimate of drug-likeness (QED) is 0.0422. The average molecular weight is 836 g/mol. The molecule has 3 N–H and O–H groups in total. The van der Waals surface area contributed by atoms with Crippen LogP contribution in [0.5, 0.6) is 0 Å². The number of nitrogens with one attached hydrogen (secondary N) is 1. The molecule has 1 amide bonds. The van der Waals surface area contributed by atoms with Gasteiger partial charge in [0.15, 0.2) is 0 Å². The van der Waals surface area contributed by atoms with Crippen molar-refractivity contribution >= 4 is 5.91 Å². The Labute approximate surface area is 374 Å². The number of aliphatic hydroxyl groups excluding tert-OH is 2. The number of aliphatic hydroxyl groups is 2. The second-order valence-electron chi connectivity index (χ2n) is 17.6. The maximum atomic E-state index is 12.4. The van der Waals surface area contributed by atoms with Gasteiger partial charge in [-0.25, -0.2) is 0 Å². The number of unbranched alkanes of at least 4 members (excludes halogenated alkanes) is 28. The van der Waals surface area contributed by atoms with E-state index in [0.717, 1.165) is 64.2 Å². The maximum absolute atomic E-state index is 12.4. The number of hydrogen-bond donors (Lipinski definition) is 3. The highest BCUT2D eigenvalue weighted by Crippen LogP contribution is 2.16. The summed E-state index contributed by atoms with van der Waals surface area (Å²) in [6, 6.07) is -0.537. The van der Waals surface area contributed by atoms with Gasteiger partial charge in [0.2, 0.25) is 5.91 Å². The summed E-state index contributed by atoms with van der Waals surface area (Å²) in [4.78, 5) is 12.4. The monoisotopic (exact) mass is 836 g/mol. The maximum Gasteiger partial charge on any atom is 0.220 e. The molecule has 2 atom stereocenters. The fourth-order valence-corrected chi connectivity index (χ4v) is 7.78. The first-order valence-electron chi connectivity index (χ1n) is 26.1. The first-order valence-corrected chi connectivity index (χ1v) is 26.1. The minimum absolute atomic E-state index is 0.0321. The second kappa shape index (κ2) is 51.2. The zero-order chi connectivity index (χ0) is 43.5. The Bertz CT molecular complexity index is 1040. The van der Waals surface area contributed by atoms with Crippen molar-refractivity contribution in [2.75, 3.05) is 6.61 Å². The standard InChI is InChI=1S/C56H101NO3/c1-3-5-7-9-11-13-15-17-18-19-20-21-22-23-24-25-26-27-28-29-30-31-32-33-34-35-36-37-38-40-42-44-46-48-50-52-56(60)57-54(53-58)55(59)51-49-47-45-43-41-39-16-14-12-10-8-6-4-2/h5,7,11,13,17-18,20-21,23-24,26-27,54-55,58-59H,3-4,6,8-10,12,14-16,19,22,25,28-53H2,1-2H3,(H,57,60)/b7-5-,13-11-,18-17-,21-20-,24-23-,27-26-. The molecule has 0 rings (SSSR count). The number of amides is 1. The van der Waals surface area contributed by atoms with Gasteiger partial charge in [0.1, 0.15) is 0 Å². The smallest absolute Gasteiger partial charge is 0.220 e. The molecule has 0 heterocycles. The third kappa shape index (κ3) is 46.9. The second-order valence-corrected chi connectivity index (χ2v) is 17.6. The third-order valence-electron chi connectivity index (χ3n) is 11.7. The van der Waals surface area contributed by atoms with Crippen LogP contribution in [-0.2, 0) is 4.79 Å². The van der Waals surface area contributed by atoms with E-state index in [0.29, 0.717) is 12.8 Å². The highest BCUT2D eigenvalue weighted by Gasteiger charge is 2.20. The summed E-state index contributed by atoms with van der Waals surface area (Å²) in [5.41, 5.74) is 0. The van der Waals surface area contributed by atoms with Gasteiger partial charge in [0.25, 0.3) is 0 Å². The molecule has 0 aromatic carbocycles. The van der Waals surface area contributed by atoms with Gasteiger partial charge in [-0.3, -0.25) is 4.79 Å². The molecule has 0 saturated heterocycles. The van der Waals surface area contributed by atoms with Crippen LogP contribution in [-0.4, -0.2) is 34.9 Å². The van der Waals surface area contributed by atoms with Crippen molar-refractivity contribution in [1.29, 1.82) is 0 Å². The van der Waals surface area contributed by atoms with Crippen LogP contribution in [0.4, 0.5) is 0 Å². The van der Waals surface area contributed by atoms with Gasteiger partial charge in [0.05, 0.1) is 18.8 Å². The molecule has 2 unspecified atom stereocenters. The average Bonchev–Trinajstić information content (AvgIpc) is 3.25. The molecule has 0 aliphatic heterocycles. The minimum atomic E-state index is -0.660. The third-order valence-corrected chi connectivity index (χ3v) is 11.7. The van der Waals surface area contributed by atoms with Crippen molar-refractivity contribution in [3.05, 3.63) is 72.9 Å². The summed E-state index contributed by atoms with van der Waals surface area (Å²) in [6.45, 7) is 4.25. The normalized spacial score (nSPS) is 13.5. The minimum Gasteiger partial charge on any atom is -0.394 e. The molecule has 0 aromatic heterocycles. The van der Waals surface area contributed by atoms with Crippen LogP contribution in [0.15, 0.2) is 72.9 Å². The highest BCUT2D eigenvalue weighted by molar-refractivity contribution is 5.76. The van der Waals surface area contributed by atoms with E-state index in [4.69, 9.17) is 0 Å². The first kappa shape index (κ1) is 57.8. The Hall–Kier alpha value is -2.17. The predicted octanol–water partition coefficient (Wildman–Crippen LogP) is 17.0. The summed E-state index contributed by atoms with van der Waals surface area (Å²) in [5.74, 6) is -0.0321. The van der Waals surface area contributed by atoms with Crippen LogP contribution < -0.4 is 5.32 Å². The molecular weight excluding hydrogens is 735 g/mol. The van der Waals surface area contributed by atoms with Crippen molar-refractivity contribution in [2.45, 2.75) is 270 Å². The summed E-state index contributed by atoms with van der Waals surface area (Å²) in [6.07, 6.45) is 73.0. The lowest BCUT2D eigenvalue weighted by Crippen LogP contribution is -2.45. The van der Waals surface area contributed by atoms with Crippen LogP contribution in [0.3, 0.4) is 0 Å². The van der Waals surface area contributed by atoms with Crippen LogP contribution in [0.25, 0.3) is 0 Å². The Morgan fingerprint density at radius 2 is 0.733 bits per heavy atom. The van der Waals surface area contributed by atoms with Crippen molar-refractivity contribution in [2.24, 2.45) is 0 Å². The fourth-order valence-electron chi connectivity index (χ4n) is 7.78. The van der Waals surface area contributed by atoms with Gasteiger partial charge < -0.3 is 15.5 Å². The molecule has 0 aromatic rings. The number of carbonyl (C=O) groups excluding carboxylic acids is 1. The lowest BCUT2D eigenvalue weighted by atomic mass is 10.0. The van der Waals surface area contributed by atoms with E-state index in [-0.39, 0.29) is 12.5 Å². The molecule has 0 bridgehead atoms. The lowest BCUT2D eigenvalue weighted by molar-refractivity contribution is -0.123. The Kier molecular flexibility index (Phi) is 49.3. The van der Waals surface area contributed by atoms with Crippen molar-refractivity contribution in [1.82, 2.24) is 5.32 Å². The summed E-state index contributed by atoms with van der Waals surface area (Å²) < 4.78 is 0. The summed E-state index contributed by atoms with van der Waals surface area (Å²) >= 11 is 0. The van der Waals surface area contributed by atoms with E-state index >= 15 is 0 Å². The van der Waals surface area contributed by atoms with Crippen molar-refractivity contribution < 1.29 is 15.0 Å². The number of hydrogen-bond acceptors (Lipinski definition) is 3. The van der Waals surface area contributed by atoms with Gasteiger partial charge in [-0.2, -0.15) is 0 Å². The van der Waals surface area contributed by atoms with E-state index < -0.39 is 12.1 Å². The molecule has 0 fully saturated rings. The van der Waals surface area contributed by atoms with Gasteiger partial charge in [-0.05, 0) is 64.2 Å². The van der Waals surface area contributed by atoms with Gasteiger partial charge in [-0.15, -0.1) is 0 Å². The van der Waals surface area contributed by atoms with Crippen molar-refractivity contribution in [3.8, 4) is 0 Å². The number of carbonyl (C=O) groups is 1. The van der Waals surface area contributed by atoms with Crippen molar-refractivity contribution in [3.63, 3.8) is 0 Å². The zero-order valence-corrected chi connectivity index (χ0v) is 40.0. The molecule has 0 spiro atoms. The van der Waals surface area contributed by atoms with Gasteiger partial charge in [-0.1, -0.05) is 260 Å². The fraction of sp³-hybridized carbons (Fsp3) is 0.768. The summed E-state index contributed by atoms with van der Waals surface area (Å²) in [7, 11) is 0. The van der Waals surface area contributed by atoms with Crippen LogP contribution in [0.1, 0.15) is 258 Å². The van der Waals surface area contributed by atoms with Gasteiger partial charge >= 0.3 is 0 Å². The molecule has 348 valence electrons. The number of rotatable bonds is 47. The van der Waals surface area contributed by atoms with Crippen LogP contribution in [0, 0.1) is 0 Å². The van der Waals surface area contributed by atoms with E-state index in [1.165, 1.54) is 167 Å². The Balaban J connectivity index is 3.47. The Morgan fingerprint density at radius 3 is 1.10 bits per heavy atom. The molecule has 0 saturated carbocycles. The topological polar surface area (TPSA) is 69.6 Å². The predicted molar refractivity (Wildman–Crippen MR) is 267 cm³/mol. The molecule has 60 heavy (non-hydrogen) atoms. The molecule has 0 aliphatic carbocycles. The molecule has 4 nitrogen and oxygen atoms in total. The number of allylic oxidation sites excluding steroid dienone is 12. The van der Waals surface area contributed by atoms with E-state index in [1.54, 1.807) is 0 Å². The molecular formula is C56H101NO3. The van der Waals surface area contributed by atoms with Crippen LogP contribution in [0.2, 0.25) is 0 Å². The SMILES string of the molecule is CC/C=C\C/C=C\C/C=C\C/C=C\C/C=C\C/C=C\CCCCCCCCCCCCCCCCCCC(=O)NC(CO)C(O)CCCCCCCCCCCCCCC. The molecule has 0 radical (unpaired) electrons. The van der Waals surface area contributed by atoms with E-state index in [1.807, 2.05) is 0 Å².